The standard InChI is InChI=1S/C9H16O/c1-4-5-6-7-8(2)9(3)10/h4-6,8-10H,1,7H2,2-3H3/b6-5+/t8-,9+/m1/s1. The van der Waals surface area contributed by atoms with E-state index in [1.54, 1.807) is 6.08 Å². The Hall–Kier alpha value is -0.560. The van der Waals surface area contributed by atoms with Crippen LogP contribution in [0.2, 0.25) is 0 Å². The molecular weight excluding hydrogens is 124 g/mol. The van der Waals surface area contributed by atoms with Gasteiger partial charge in [0.25, 0.3) is 0 Å². The second-order valence-electron chi connectivity index (χ2n) is 2.62. The Bertz CT molecular complexity index is 114. The van der Waals surface area contributed by atoms with E-state index < -0.39 is 0 Å². The number of hydrogen-bond acceptors (Lipinski definition) is 1. The Kier molecular flexibility index (Phi) is 4.95. The maximum atomic E-state index is 9.06. The highest BCUT2D eigenvalue weighted by atomic mass is 16.3. The summed E-state index contributed by atoms with van der Waals surface area (Å²) in [5, 5.41) is 9.06. The van der Waals surface area contributed by atoms with Gasteiger partial charge >= 0.3 is 0 Å². The third-order valence-corrected chi connectivity index (χ3v) is 1.60. The summed E-state index contributed by atoms with van der Waals surface area (Å²) in [6, 6.07) is 0. The molecule has 1 heteroatoms. The molecule has 2 atom stereocenters. The molecule has 0 saturated heterocycles. The Morgan fingerprint density at radius 1 is 1.50 bits per heavy atom. The van der Waals surface area contributed by atoms with Crippen LogP contribution in [-0.4, -0.2) is 11.2 Å². The fourth-order valence-corrected chi connectivity index (χ4v) is 0.586. The van der Waals surface area contributed by atoms with Gasteiger partial charge in [0, 0.05) is 0 Å². The summed E-state index contributed by atoms with van der Waals surface area (Å²) in [6.07, 6.45) is 6.37. The van der Waals surface area contributed by atoms with Gasteiger partial charge in [-0.1, -0.05) is 31.7 Å². The molecule has 0 amide bonds. The van der Waals surface area contributed by atoms with E-state index in [-0.39, 0.29) is 6.10 Å². The molecule has 0 aromatic carbocycles. The highest BCUT2D eigenvalue weighted by Gasteiger charge is 2.04. The van der Waals surface area contributed by atoms with Crippen molar-refractivity contribution in [3.05, 3.63) is 24.8 Å². The Morgan fingerprint density at radius 2 is 2.10 bits per heavy atom. The van der Waals surface area contributed by atoms with Gasteiger partial charge in [-0.05, 0) is 19.3 Å². The molecule has 0 unspecified atom stereocenters. The summed E-state index contributed by atoms with van der Waals surface area (Å²) in [5.41, 5.74) is 0. The van der Waals surface area contributed by atoms with E-state index in [0.29, 0.717) is 5.92 Å². The molecule has 0 bridgehead atoms. The van der Waals surface area contributed by atoms with Crippen molar-refractivity contribution >= 4 is 0 Å². The van der Waals surface area contributed by atoms with Gasteiger partial charge in [-0.2, -0.15) is 0 Å². The molecule has 0 aromatic rings. The van der Waals surface area contributed by atoms with Gasteiger partial charge in [-0.15, -0.1) is 0 Å². The molecule has 0 aliphatic rings. The van der Waals surface area contributed by atoms with E-state index in [2.05, 4.69) is 6.58 Å². The number of allylic oxidation sites excluding steroid dienone is 3. The summed E-state index contributed by atoms with van der Waals surface area (Å²) in [5.74, 6) is 0.344. The van der Waals surface area contributed by atoms with Crippen LogP contribution in [0.25, 0.3) is 0 Å². The Labute approximate surface area is 63.1 Å². The Balaban J connectivity index is 3.48. The first-order valence-corrected chi connectivity index (χ1v) is 3.64. The van der Waals surface area contributed by atoms with Crippen LogP contribution in [-0.2, 0) is 0 Å². The van der Waals surface area contributed by atoms with Crippen LogP contribution in [0.3, 0.4) is 0 Å². The predicted molar refractivity (Wildman–Crippen MR) is 44.8 cm³/mol. The number of hydrogen-bond donors (Lipinski definition) is 1. The van der Waals surface area contributed by atoms with E-state index in [4.69, 9.17) is 5.11 Å². The van der Waals surface area contributed by atoms with Crippen molar-refractivity contribution in [1.29, 1.82) is 0 Å². The molecule has 58 valence electrons. The molecule has 0 heterocycles. The van der Waals surface area contributed by atoms with Crippen molar-refractivity contribution in [2.75, 3.05) is 0 Å². The molecule has 0 saturated carbocycles. The molecule has 0 fully saturated rings. The van der Waals surface area contributed by atoms with Crippen LogP contribution < -0.4 is 0 Å². The summed E-state index contributed by atoms with van der Waals surface area (Å²) >= 11 is 0. The zero-order chi connectivity index (χ0) is 7.98. The van der Waals surface area contributed by atoms with E-state index in [1.807, 2.05) is 26.0 Å². The fraction of sp³-hybridized carbons (Fsp3) is 0.556. The second kappa shape index (κ2) is 5.24. The van der Waals surface area contributed by atoms with Gasteiger partial charge in [-0.3, -0.25) is 0 Å². The zero-order valence-corrected chi connectivity index (χ0v) is 6.75. The van der Waals surface area contributed by atoms with Crippen molar-refractivity contribution in [2.45, 2.75) is 26.4 Å². The largest absolute Gasteiger partial charge is 0.393 e. The normalized spacial score (nSPS) is 17.1. The van der Waals surface area contributed by atoms with Crippen LogP contribution in [0.1, 0.15) is 20.3 Å². The van der Waals surface area contributed by atoms with Crippen LogP contribution in [0, 0.1) is 5.92 Å². The van der Waals surface area contributed by atoms with Gasteiger partial charge in [0.2, 0.25) is 0 Å². The van der Waals surface area contributed by atoms with Crippen LogP contribution >= 0.6 is 0 Å². The minimum Gasteiger partial charge on any atom is -0.393 e. The maximum Gasteiger partial charge on any atom is 0.0540 e. The van der Waals surface area contributed by atoms with Crippen molar-refractivity contribution in [2.24, 2.45) is 5.92 Å². The first kappa shape index (κ1) is 9.44. The van der Waals surface area contributed by atoms with E-state index >= 15 is 0 Å². The number of aliphatic hydroxyl groups is 1. The topological polar surface area (TPSA) is 20.2 Å². The highest BCUT2D eigenvalue weighted by molar-refractivity contribution is 4.97. The van der Waals surface area contributed by atoms with E-state index in [1.165, 1.54) is 0 Å². The van der Waals surface area contributed by atoms with Crippen molar-refractivity contribution in [3.8, 4) is 0 Å². The smallest absolute Gasteiger partial charge is 0.0540 e. The lowest BCUT2D eigenvalue weighted by Crippen LogP contribution is -2.11. The monoisotopic (exact) mass is 140 g/mol. The zero-order valence-electron chi connectivity index (χ0n) is 6.75. The lowest BCUT2D eigenvalue weighted by Gasteiger charge is -2.10. The molecule has 0 aliphatic heterocycles. The average Bonchev–Trinajstić information content (AvgIpc) is 1.88. The maximum absolute atomic E-state index is 9.06. The molecule has 1 N–H and O–H groups in total. The summed E-state index contributed by atoms with van der Waals surface area (Å²) in [4.78, 5) is 0. The quantitative estimate of drug-likeness (QED) is 0.593. The molecule has 10 heavy (non-hydrogen) atoms. The van der Waals surface area contributed by atoms with Crippen molar-refractivity contribution < 1.29 is 5.11 Å². The van der Waals surface area contributed by atoms with Crippen LogP contribution in [0.15, 0.2) is 24.8 Å². The molecule has 0 spiro atoms. The third kappa shape index (κ3) is 4.33. The lowest BCUT2D eigenvalue weighted by atomic mass is 10.0. The Morgan fingerprint density at radius 3 is 2.50 bits per heavy atom. The molecule has 0 radical (unpaired) electrons. The molecule has 0 aromatic heterocycles. The van der Waals surface area contributed by atoms with Gasteiger partial charge in [0.1, 0.15) is 0 Å². The van der Waals surface area contributed by atoms with Gasteiger partial charge in [-0.25, -0.2) is 0 Å². The summed E-state index contributed by atoms with van der Waals surface area (Å²) < 4.78 is 0. The summed E-state index contributed by atoms with van der Waals surface area (Å²) in [6.45, 7) is 7.39. The minimum absolute atomic E-state index is 0.213. The number of rotatable bonds is 4. The van der Waals surface area contributed by atoms with Gasteiger partial charge in [0.05, 0.1) is 6.10 Å². The van der Waals surface area contributed by atoms with Crippen molar-refractivity contribution in [1.82, 2.24) is 0 Å². The molecular formula is C9H16O. The van der Waals surface area contributed by atoms with Crippen molar-refractivity contribution in [3.63, 3.8) is 0 Å². The second-order valence-corrected chi connectivity index (χ2v) is 2.62. The first-order valence-electron chi connectivity index (χ1n) is 3.64. The molecule has 0 aliphatic carbocycles. The minimum atomic E-state index is -0.213. The summed E-state index contributed by atoms with van der Waals surface area (Å²) in [7, 11) is 0. The van der Waals surface area contributed by atoms with E-state index in [0.717, 1.165) is 6.42 Å². The first-order chi connectivity index (χ1) is 4.68. The number of aliphatic hydroxyl groups excluding tert-OH is 1. The lowest BCUT2D eigenvalue weighted by molar-refractivity contribution is 0.136. The van der Waals surface area contributed by atoms with Crippen LogP contribution in [0.4, 0.5) is 0 Å². The van der Waals surface area contributed by atoms with Crippen LogP contribution in [0.5, 0.6) is 0 Å². The molecule has 0 rings (SSSR count). The van der Waals surface area contributed by atoms with Gasteiger partial charge in [0.15, 0.2) is 0 Å². The highest BCUT2D eigenvalue weighted by Crippen LogP contribution is 2.07. The fourth-order valence-electron chi connectivity index (χ4n) is 0.586. The SMILES string of the molecule is C=C/C=C/C[C@@H](C)[C@H](C)O. The molecule has 1 nitrogen and oxygen atoms in total. The third-order valence-electron chi connectivity index (χ3n) is 1.60. The average molecular weight is 140 g/mol. The predicted octanol–water partition coefficient (Wildman–Crippen LogP) is 2.14. The van der Waals surface area contributed by atoms with Gasteiger partial charge < -0.3 is 5.11 Å². The van der Waals surface area contributed by atoms with E-state index in [9.17, 15) is 0 Å².